The van der Waals surface area contributed by atoms with Gasteiger partial charge in [0.2, 0.25) is 5.91 Å². The molecule has 0 unspecified atom stereocenters. The molecule has 0 aliphatic heterocycles. The van der Waals surface area contributed by atoms with Crippen molar-refractivity contribution >= 4 is 5.91 Å². The number of aryl methyl sites for hydroxylation is 1. The van der Waals surface area contributed by atoms with Crippen LogP contribution in [0.4, 0.5) is 0 Å². The maximum Gasteiger partial charge on any atom is 0.249 e. The zero-order chi connectivity index (χ0) is 11.3. The number of nitrogens with two attached hydrogens (primary N) is 1. The van der Waals surface area contributed by atoms with Gasteiger partial charge in [-0.3, -0.25) is 4.79 Å². The number of unbranched alkanes of at least 4 members (excludes halogenated alkanes) is 1. The lowest BCUT2D eigenvalue weighted by Crippen LogP contribution is -2.13. The molecule has 1 aromatic carbocycles. The number of carbonyl (C=O) groups excluding carboxylic acids is 1. The Morgan fingerprint density at radius 1 is 1.53 bits per heavy atom. The summed E-state index contributed by atoms with van der Waals surface area (Å²) in [7, 11) is 0. The largest absolute Gasteiger partial charge is 0.508 e. The van der Waals surface area contributed by atoms with E-state index in [4.69, 9.17) is 11.0 Å². The van der Waals surface area contributed by atoms with Gasteiger partial charge in [0.1, 0.15) is 5.75 Å². The number of rotatable bonds is 4. The Hall–Kier alpha value is -2.02. The van der Waals surface area contributed by atoms with E-state index in [0.29, 0.717) is 24.8 Å². The Morgan fingerprint density at radius 2 is 2.27 bits per heavy atom. The van der Waals surface area contributed by atoms with Crippen LogP contribution in [0.1, 0.15) is 28.8 Å². The molecular formula is C11H12N2O2. The van der Waals surface area contributed by atoms with Crippen molar-refractivity contribution in [1.29, 1.82) is 5.26 Å². The number of aromatic hydroxyl groups is 1. The molecular weight excluding hydrogens is 192 g/mol. The molecule has 0 bridgehead atoms. The molecule has 78 valence electrons. The van der Waals surface area contributed by atoms with Crippen LogP contribution in [0.2, 0.25) is 0 Å². The van der Waals surface area contributed by atoms with E-state index >= 15 is 0 Å². The number of hydrogen-bond donors (Lipinski definition) is 2. The van der Waals surface area contributed by atoms with E-state index in [2.05, 4.69) is 0 Å². The molecule has 0 spiro atoms. The van der Waals surface area contributed by atoms with Crippen LogP contribution in [-0.2, 0) is 6.42 Å². The Kier molecular flexibility index (Phi) is 3.69. The van der Waals surface area contributed by atoms with Gasteiger partial charge in [0.25, 0.3) is 0 Å². The van der Waals surface area contributed by atoms with Crippen LogP contribution >= 0.6 is 0 Å². The number of amides is 1. The summed E-state index contributed by atoms with van der Waals surface area (Å²) < 4.78 is 0. The standard InChI is InChI=1S/C11H12N2O2/c12-6-2-1-3-8-4-5-9(14)7-10(8)11(13)15/h4-5,7,14H,1-3H2,(H2,13,15). The second kappa shape index (κ2) is 5.01. The molecule has 0 saturated carbocycles. The number of benzene rings is 1. The quantitative estimate of drug-likeness (QED) is 0.725. The Labute approximate surface area is 87.9 Å². The predicted octanol–water partition coefficient (Wildman–Crippen LogP) is 1.34. The van der Waals surface area contributed by atoms with Crippen molar-refractivity contribution in [2.75, 3.05) is 0 Å². The molecule has 4 heteroatoms. The molecule has 0 atom stereocenters. The third-order valence-corrected chi connectivity index (χ3v) is 2.09. The van der Waals surface area contributed by atoms with Crippen molar-refractivity contribution in [3.05, 3.63) is 29.3 Å². The highest BCUT2D eigenvalue weighted by Gasteiger charge is 2.08. The van der Waals surface area contributed by atoms with E-state index in [1.807, 2.05) is 6.07 Å². The molecule has 4 nitrogen and oxygen atoms in total. The number of phenols is 1. The van der Waals surface area contributed by atoms with Gasteiger partial charge in [-0.05, 0) is 30.5 Å². The molecule has 0 aliphatic rings. The SMILES string of the molecule is N#CCCCc1ccc(O)cc1C(N)=O. The topological polar surface area (TPSA) is 87.1 Å². The molecule has 0 heterocycles. The number of phenolic OH excluding ortho intramolecular Hbond substituents is 1. The Balaban J connectivity index is 2.87. The average Bonchev–Trinajstić information content (AvgIpc) is 2.20. The molecule has 3 N–H and O–H groups in total. The maximum absolute atomic E-state index is 11.1. The number of nitriles is 1. The van der Waals surface area contributed by atoms with Gasteiger partial charge < -0.3 is 10.8 Å². The lowest BCUT2D eigenvalue weighted by Gasteiger charge is -2.05. The third-order valence-electron chi connectivity index (χ3n) is 2.09. The van der Waals surface area contributed by atoms with Crippen LogP contribution in [0.25, 0.3) is 0 Å². The van der Waals surface area contributed by atoms with Crippen molar-refractivity contribution in [1.82, 2.24) is 0 Å². The summed E-state index contributed by atoms with van der Waals surface area (Å²) in [4.78, 5) is 11.1. The smallest absolute Gasteiger partial charge is 0.249 e. The fourth-order valence-electron chi connectivity index (χ4n) is 1.37. The zero-order valence-electron chi connectivity index (χ0n) is 8.23. The molecule has 0 fully saturated rings. The number of carbonyl (C=O) groups is 1. The van der Waals surface area contributed by atoms with Gasteiger partial charge in [-0.15, -0.1) is 0 Å². The Morgan fingerprint density at radius 3 is 2.87 bits per heavy atom. The monoisotopic (exact) mass is 204 g/mol. The second-order valence-electron chi connectivity index (χ2n) is 3.22. The van der Waals surface area contributed by atoms with Crippen LogP contribution < -0.4 is 5.73 Å². The van der Waals surface area contributed by atoms with Crippen LogP contribution in [-0.4, -0.2) is 11.0 Å². The molecule has 0 saturated heterocycles. The molecule has 1 aromatic rings. The average molecular weight is 204 g/mol. The first kappa shape index (κ1) is 11.1. The van der Waals surface area contributed by atoms with Crippen molar-refractivity contribution < 1.29 is 9.90 Å². The van der Waals surface area contributed by atoms with E-state index < -0.39 is 5.91 Å². The minimum atomic E-state index is -0.558. The highest BCUT2D eigenvalue weighted by molar-refractivity contribution is 5.94. The number of hydrogen-bond acceptors (Lipinski definition) is 3. The first-order valence-electron chi connectivity index (χ1n) is 4.64. The molecule has 0 radical (unpaired) electrons. The van der Waals surface area contributed by atoms with Crippen molar-refractivity contribution in [2.24, 2.45) is 5.73 Å². The summed E-state index contributed by atoms with van der Waals surface area (Å²) in [5, 5.41) is 17.6. The van der Waals surface area contributed by atoms with Gasteiger partial charge in [0.15, 0.2) is 0 Å². The highest BCUT2D eigenvalue weighted by Crippen LogP contribution is 2.18. The highest BCUT2D eigenvalue weighted by atomic mass is 16.3. The van der Waals surface area contributed by atoms with Gasteiger partial charge in [-0.25, -0.2) is 0 Å². The summed E-state index contributed by atoms with van der Waals surface area (Å²) in [6.07, 6.45) is 1.74. The molecule has 0 aromatic heterocycles. The lowest BCUT2D eigenvalue weighted by molar-refractivity contribution is 0.0999. The van der Waals surface area contributed by atoms with Gasteiger partial charge >= 0.3 is 0 Å². The van der Waals surface area contributed by atoms with E-state index in [0.717, 1.165) is 5.56 Å². The predicted molar refractivity (Wildman–Crippen MR) is 55.2 cm³/mol. The minimum absolute atomic E-state index is 0.0211. The van der Waals surface area contributed by atoms with Gasteiger partial charge in [-0.2, -0.15) is 5.26 Å². The normalized spacial score (nSPS) is 9.53. The summed E-state index contributed by atoms with van der Waals surface area (Å²) in [5.74, 6) is -0.536. The molecule has 15 heavy (non-hydrogen) atoms. The van der Waals surface area contributed by atoms with E-state index in [1.165, 1.54) is 12.1 Å². The molecule has 1 amide bonds. The fourth-order valence-corrected chi connectivity index (χ4v) is 1.37. The minimum Gasteiger partial charge on any atom is -0.508 e. The van der Waals surface area contributed by atoms with Crippen molar-refractivity contribution in [3.8, 4) is 11.8 Å². The summed E-state index contributed by atoms with van der Waals surface area (Å²) in [6.45, 7) is 0. The fraction of sp³-hybridized carbons (Fsp3) is 0.273. The van der Waals surface area contributed by atoms with Gasteiger partial charge in [0, 0.05) is 12.0 Å². The Bertz CT molecular complexity index is 408. The van der Waals surface area contributed by atoms with E-state index in [-0.39, 0.29) is 5.75 Å². The van der Waals surface area contributed by atoms with Gasteiger partial charge in [0.05, 0.1) is 6.07 Å². The molecule has 1 rings (SSSR count). The maximum atomic E-state index is 11.1. The summed E-state index contributed by atoms with van der Waals surface area (Å²) >= 11 is 0. The van der Waals surface area contributed by atoms with E-state index in [1.54, 1.807) is 6.07 Å². The lowest BCUT2D eigenvalue weighted by atomic mass is 10.0. The number of primary amides is 1. The van der Waals surface area contributed by atoms with Crippen LogP contribution in [0.5, 0.6) is 5.75 Å². The summed E-state index contributed by atoms with van der Waals surface area (Å²) in [5.41, 5.74) is 6.27. The van der Waals surface area contributed by atoms with Crippen LogP contribution in [0.3, 0.4) is 0 Å². The zero-order valence-corrected chi connectivity index (χ0v) is 8.23. The third kappa shape index (κ3) is 2.99. The van der Waals surface area contributed by atoms with Crippen molar-refractivity contribution in [3.63, 3.8) is 0 Å². The first-order valence-corrected chi connectivity index (χ1v) is 4.64. The van der Waals surface area contributed by atoms with Crippen molar-refractivity contribution in [2.45, 2.75) is 19.3 Å². The van der Waals surface area contributed by atoms with Gasteiger partial charge in [-0.1, -0.05) is 6.07 Å². The molecule has 0 aliphatic carbocycles. The number of nitrogens with zero attached hydrogens (tertiary/aromatic N) is 1. The first-order chi connectivity index (χ1) is 7.15. The second-order valence-corrected chi connectivity index (χ2v) is 3.22. The van der Waals surface area contributed by atoms with E-state index in [9.17, 15) is 9.90 Å². The van der Waals surface area contributed by atoms with Crippen LogP contribution in [0.15, 0.2) is 18.2 Å². The van der Waals surface area contributed by atoms with Crippen LogP contribution in [0, 0.1) is 11.3 Å². The summed E-state index contributed by atoms with van der Waals surface area (Å²) in [6, 6.07) is 6.55.